The van der Waals surface area contributed by atoms with E-state index in [1.807, 2.05) is 72.8 Å². The van der Waals surface area contributed by atoms with Crippen molar-refractivity contribution in [1.82, 2.24) is 4.98 Å². The lowest BCUT2D eigenvalue weighted by atomic mass is 10.1. The van der Waals surface area contributed by atoms with Crippen LogP contribution >= 0.6 is 11.3 Å². The highest BCUT2D eigenvalue weighted by atomic mass is 32.1. The first-order chi connectivity index (χ1) is 13.7. The summed E-state index contributed by atoms with van der Waals surface area (Å²) in [6, 6.07) is 22.7. The van der Waals surface area contributed by atoms with Gasteiger partial charge < -0.3 is 14.8 Å². The molecule has 140 valence electrons. The zero-order valence-corrected chi connectivity index (χ0v) is 16.0. The lowest BCUT2D eigenvalue weighted by molar-refractivity contribution is -0.115. The number of para-hydroxylation sites is 1. The fourth-order valence-electron chi connectivity index (χ4n) is 2.74. The molecule has 0 aliphatic heterocycles. The van der Waals surface area contributed by atoms with E-state index in [1.165, 1.54) is 11.3 Å². The SMILES string of the molecule is COc1ccc(CC(=O)Nc2nc3ccc(Oc4ccccc4)cc3s2)cc1. The van der Waals surface area contributed by atoms with Crippen LogP contribution in [0.25, 0.3) is 10.2 Å². The Labute approximate surface area is 166 Å². The molecule has 0 spiro atoms. The van der Waals surface area contributed by atoms with Gasteiger partial charge in [0, 0.05) is 6.07 Å². The van der Waals surface area contributed by atoms with Crippen LogP contribution in [0.15, 0.2) is 72.8 Å². The summed E-state index contributed by atoms with van der Waals surface area (Å²) in [5.41, 5.74) is 1.74. The van der Waals surface area contributed by atoms with E-state index in [2.05, 4.69) is 10.3 Å². The van der Waals surface area contributed by atoms with Crippen LogP contribution < -0.4 is 14.8 Å². The Hall–Kier alpha value is -3.38. The summed E-state index contributed by atoms with van der Waals surface area (Å²) in [7, 11) is 1.62. The van der Waals surface area contributed by atoms with Crippen molar-refractivity contribution in [2.45, 2.75) is 6.42 Å². The first-order valence-corrected chi connectivity index (χ1v) is 9.57. The Bertz CT molecular complexity index is 1090. The van der Waals surface area contributed by atoms with Crippen LogP contribution in [0, 0.1) is 0 Å². The standard InChI is InChI=1S/C22H18N2O3S/c1-26-16-9-7-15(8-10-16)13-21(25)24-22-23-19-12-11-18(14-20(19)28-22)27-17-5-3-2-4-6-17/h2-12,14H,13H2,1H3,(H,23,24,25). The molecular formula is C22H18N2O3S. The predicted octanol–water partition coefficient (Wildman–Crippen LogP) is 5.28. The molecule has 1 amide bonds. The van der Waals surface area contributed by atoms with Crippen molar-refractivity contribution in [3.63, 3.8) is 0 Å². The van der Waals surface area contributed by atoms with Crippen LogP contribution in [0.5, 0.6) is 17.2 Å². The van der Waals surface area contributed by atoms with E-state index in [4.69, 9.17) is 9.47 Å². The largest absolute Gasteiger partial charge is 0.497 e. The number of benzene rings is 3. The molecule has 0 bridgehead atoms. The minimum Gasteiger partial charge on any atom is -0.497 e. The van der Waals surface area contributed by atoms with E-state index in [1.54, 1.807) is 7.11 Å². The zero-order chi connectivity index (χ0) is 19.3. The summed E-state index contributed by atoms with van der Waals surface area (Å²) in [6.07, 6.45) is 0.280. The highest BCUT2D eigenvalue weighted by molar-refractivity contribution is 7.22. The maximum Gasteiger partial charge on any atom is 0.230 e. The monoisotopic (exact) mass is 390 g/mol. The maximum atomic E-state index is 12.3. The fourth-order valence-corrected chi connectivity index (χ4v) is 3.65. The van der Waals surface area contributed by atoms with Gasteiger partial charge in [0.05, 0.1) is 23.7 Å². The van der Waals surface area contributed by atoms with Gasteiger partial charge in [0.2, 0.25) is 5.91 Å². The van der Waals surface area contributed by atoms with Gasteiger partial charge in [-0.2, -0.15) is 0 Å². The van der Waals surface area contributed by atoms with Crippen molar-refractivity contribution in [3.8, 4) is 17.2 Å². The second-order valence-electron chi connectivity index (χ2n) is 6.14. The first kappa shape index (κ1) is 18.0. The van der Waals surface area contributed by atoms with Crippen LogP contribution in [0.2, 0.25) is 0 Å². The van der Waals surface area contributed by atoms with Gasteiger partial charge in [-0.05, 0) is 42.0 Å². The first-order valence-electron chi connectivity index (χ1n) is 8.76. The van der Waals surface area contributed by atoms with Gasteiger partial charge in [-0.25, -0.2) is 4.98 Å². The number of methoxy groups -OCH3 is 1. The minimum atomic E-state index is -0.106. The lowest BCUT2D eigenvalue weighted by Gasteiger charge is -2.04. The molecule has 1 heterocycles. The quantitative estimate of drug-likeness (QED) is 0.487. The molecule has 0 radical (unpaired) electrons. The summed E-state index contributed by atoms with van der Waals surface area (Å²) in [6.45, 7) is 0. The Morgan fingerprint density at radius 1 is 0.964 bits per heavy atom. The summed E-state index contributed by atoms with van der Waals surface area (Å²) < 4.78 is 11.9. The van der Waals surface area contributed by atoms with Gasteiger partial charge in [-0.1, -0.05) is 41.7 Å². The molecule has 4 rings (SSSR count). The smallest absolute Gasteiger partial charge is 0.230 e. The van der Waals surface area contributed by atoms with Crippen LogP contribution in [-0.4, -0.2) is 18.0 Å². The molecule has 0 unspecified atom stereocenters. The summed E-state index contributed by atoms with van der Waals surface area (Å²) >= 11 is 1.42. The molecule has 5 nitrogen and oxygen atoms in total. The molecule has 0 atom stereocenters. The molecule has 6 heteroatoms. The molecule has 28 heavy (non-hydrogen) atoms. The van der Waals surface area contributed by atoms with Crippen LogP contribution in [0.1, 0.15) is 5.56 Å². The number of carbonyl (C=O) groups excluding carboxylic acids is 1. The Balaban J connectivity index is 1.44. The van der Waals surface area contributed by atoms with Gasteiger partial charge in [0.25, 0.3) is 0 Å². The van der Waals surface area contributed by atoms with E-state index >= 15 is 0 Å². The third kappa shape index (κ3) is 4.29. The lowest BCUT2D eigenvalue weighted by Crippen LogP contribution is -2.14. The summed E-state index contributed by atoms with van der Waals surface area (Å²) in [5.74, 6) is 2.17. The fraction of sp³-hybridized carbons (Fsp3) is 0.0909. The second kappa shape index (κ2) is 8.10. The summed E-state index contributed by atoms with van der Waals surface area (Å²) in [5, 5.41) is 3.45. The number of hydrogen-bond donors (Lipinski definition) is 1. The second-order valence-corrected chi connectivity index (χ2v) is 7.17. The Morgan fingerprint density at radius 2 is 1.71 bits per heavy atom. The highest BCUT2D eigenvalue weighted by Crippen LogP contribution is 2.31. The molecule has 0 saturated carbocycles. The number of anilines is 1. The zero-order valence-electron chi connectivity index (χ0n) is 15.2. The Kier molecular flexibility index (Phi) is 5.21. The van der Waals surface area contributed by atoms with E-state index < -0.39 is 0 Å². The molecule has 0 saturated heterocycles. The van der Waals surface area contributed by atoms with Gasteiger partial charge in [-0.3, -0.25) is 4.79 Å². The Morgan fingerprint density at radius 3 is 2.46 bits per heavy atom. The van der Waals surface area contributed by atoms with E-state index in [9.17, 15) is 4.79 Å². The number of fused-ring (bicyclic) bond motifs is 1. The van der Waals surface area contributed by atoms with E-state index in [0.717, 1.165) is 33.0 Å². The van der Waals surface area contributed by atoms with Gasteiger partial charge in [0.15, 0.2) is 5.13 Å². The molecule has 0 aliphatic carbocycles. The van der Waals surface area contributed by atoms with Gasteiger partial charge in [0.1, 0.15) is 17.2 Å². The van der Waals surface area contributed by atoms with Crippen molar-refractivity contribution in [3.05, 3.63) is 78.4 Å². The number of hydrogen-bond acceptors (Lipinski definition) is 5. The minimum absolute atomic E-state index is 0.106. The van der Waals surface area contributed by atoms with Crippen molar-refractivity contribution in [1.29, 1.82) is 0 Å². The predicted molar refractivity (Wildman–Crippen MR) is 111 cm³/mol. The van der Waals surface area contributed by atoms with Crippen molar-refractivity contribution >= 4 is 32.6 Å². The molecular weight excluding hydrogens is 372 g/mol. The van der Waals surface area contributed by atoms with Crippen molar-refractivity contribution < 1.29 is 14.3 Å². The summed E-state index contributed by atoms with van der Waals surface area (Å²) in [4.78, 5) is 16.8. The number of nitrogens with one attached hydrogen (secondary N) is 1. The number of nitrogens with zero attached hydrogens (tertiary/aromatic N) is 1. The average Bonchev–Trinajstić information content (AvgIpc) is 3.10. The third-order valence-electron chi connectivity index (χ3n) is 4.11. The van der Waals surface area contributed by atoms with Crippen LogP contribution in [0.3, 0.4) is 0 Å². The number of thiazole rings is 1. The maximum absolute atomic E-state index is 12.3. The molecule has 4 aromatic rings. The number of rotatable bonds is 6. The van der Waals surface area contributed by atoms with Crippen LogP contribution in [0.4, 0.5) is 5.13 Å². The van der Waals surface area contributed by atoms with Gasteiger partial charge >= 0.3 is 0 Å². The van der Waals surface area contributed by atoms with Crippen LogP contribution in [-0.2, 0) is 11.2 Å². The number of carbonyl (C=O) groups is 1. The normalized spacial score (nSPS) is 10.6. The number of aromatic nitrogens is 1. The molecule has 0 fully saturated rings. The van der Waals surface area contributed by atoms with Crippen molar-refractivity contribution in [2.24, 2.45) is 0 Å². The average molecular weight is 390 g/mol. The molecule has 3 aromatic carbocycles. The topological polar surface area (TPSA) is 60.5 Å². The van der Waals surface area contributed by atoms with E-state index in [-0.39, 0.29) is 12.3 Å². The number of ether oxygens (including phenoxy) is 2. The third-order valence-corrected chi connectivity index (χ3v) is 5.04. The van der Waals surface area contributed by atoms with Crippen molar-refractivity contribution in [2.75, 3.05) is 12.4 Å². The molecule has 1 N–H and O–H groups in total. The molecule has 0 aliphatic rings. The van der Waals surface area contributed by atoms with Gasteiger partial charge in [-0.15, -0.1) is 0 Å². The van der Waals surface area contributed by atoms with E-state index in [0.29, 0.717) is 5.13 Å². The highest BCUT2D eigenvalue weighted by Gasteiger charge is 2.10. The number of amides is 1. The molecule has 1 aromatic heterocycles.